The minimum absolute atomic E-state index is 0.0978. The van der Waals surface area contributed by atoms with Gasteiger partial charge >= 0.3 is 0 Å². The number of nitro groups is 1. The van der Waals surface area contributed by atoms with E-state index in [2.05, 4.69) is 8.80 Å². The summed E-state index contributed by atoms with van der Waals surface area (Å²) in [5.74, 6) is 0. The maximum absolute atomic E-state index is 11.7. The summed E-state index contributed by atoms with van der Waals surface area (Å²) in [6.45, 7) is 0. The average Bonchev–Trinajstić information content (AvgIpc) is 2.71. The Morgan fingerprint density at radius 2 is 1.28 bits per heavy atom. The number of non-ortho nitro benzene ring substituents is 1. The van der Waals surface area contributed by atoms with Gasteiger partial charge in [0.2, 0.25) is 0 Å². The molecule has 0 aliphatic rings. The van der Waals surface area contributed by atoms with Crippen LogP contribution in [0.25, 0.3) is 0 Å². The molecule has 0 saturated heterocycles. The summed E-state index contributed by atoms with van der Waals surface area (Å²) < 4.78 is 53.4. The molecule has 12 nitrogen and oxygen atoms in total. The van der Waals surface area contributed by atoms with E-state index < -0.39 is 25.0 Å². The predicted octanol–water partition coefficient (Wildman–Crippen LogP) is 1.42. The minimum Gasteiger partial charge on any atom is -0.399 e. The number of rotatable bonds is 7. The molecule has 0 fully saturated rings. The third kappa shape index (κ3) is 8.69. The van der Waals surface area contributed by atoms with E-state index in [1.54, 1.807) is 45.2 Å². The van der Waals surface area contributed by atoms with Crippen LogP contribution in [0.2, 0.25) is 0 Å². The van der Waals surface area contributed by atoms with Crippen LogP contribution >= 0.6 is 0 Å². The second-order valence-corrected chi connectivity index (χ2v) is 9.91. The topological polar surface area (TPSA) is 169 Å². The summed E-state index contributed by atoms with van der Waals surface area (Å²) in [7, 11) is -0.897. The lowest BCUT2D eigenvalue weighted by atomic mass is 10.3. The quantitative estimate of drug-likeness (QED) is 0.201. The molecule has 0 unspecified atom stereocenters. The molecule has 0 atom stereocenters. The molecule has 174 valence electrons. The van der Waals surface area contributed by atoms with E-state index in [9.17, 15) is 26.9 Å². The Morgan fingerprint density at radius 1 is 0.844 bits per heavy atom. The van der Waals surface area contributed by atoms with E-state index in [0.717, 1.165) is 12.4 Å². The van der Waals surface area contributed by atoms with Crippen LogP contribution in [-0.2, 0) is 20.0 Å². The van der Waals surface area contributed by atoms with Crippen LogP contribution in [0.1, 0.15) is 0 Å². The van der Waals surface area contributed by atoms with E-state index in [4.69, 9.17) is 5.73 Å². The fourth-order valence-corrected chi connectivity index (χ4v) is 3.79. The summed E-state index contributed by atoms with van der Waals surface area (Å²) in [5.41, 5.74) is 5.60. The van der Waals surface area contributed by atoms with E-state index in [1.807, 2.05) is 0 Å². The SMILES string of the molecule is CN(C)C=NS(=O)(=O)c1cccc(N)c1.CN(C)C=NS(=O)(=O)c1cccc([N+](=O)[O-])c1. The van der Waals surface area contributed by atoms with Crippen molar-refractivity contribution in [1.29, 1.82) is 0 Å². The summed E-state index contributed by atoms with van der Waals surface area (Å²) in [6.07, 6.45) is 2.35. The van der Waals surface area contributed by atoms with Crippen molar-refractivity contribution in [2.45, 2.75) is 9.79 Å². The number of anilines is 1. The van der Waals surface area contributed by atoms with Gasteiger partial charge in [-0.05, 0) is 24.3 Å². The van der Waals surface area contributed by atoms with Crippen molar-refractivity contribution in [3.05, 3.63) is 58.6 Å². The standard InChI is InChI=1S/C9H11N3O4S.C9H13N3O2S/c1-11(2)7-10-17(15,16)9-5-3-4-8(6-9)12(13)14;1-12(2)7-11-15(13,14)9-5-3-4-8(10)6-9/h3-7H,1-2H3;3-7H,10H2,1-2H3. The molecule has 0 aliphatic heterocycles. The van der Waals surface area contributed by atoms with Gasteiger partial charge in [0.05, 0.1) is 14.7 Å². The van der Waals surface area contributed by atoms with Gasteiger partial charge in [0.15, 0.2) is 0 Å². The maximum Gasteiger partial charge on any atom is 0.283 e. The molecule has 2 aromatic carbocycles. The van der Waals surface area contributed by atoms with Gasteiger partial charge in [-0.15, -0.1) is 8.80 Å². The number of nitrogen functional groups attached to an aromatic ring is 1. The predicted molar refractivity (Wildman–Crippen MR) is 123 cm³/mol. The number of sulfonamides is 2. The number of hydrogen-bond acceptors (Lipinski definition) is 7. The summed E-state index contributed by atoms with van der Waals surface area (Å²) in [4.78, 5) is 12.7. The largest absolute Gasteiger partial charge is 0.399 e. The summed E-state index contributed by atoms with van der Waals surface area (Å²) >= 11 is 0. The Kier molecular flexibility index (Phi) is 9.28. The van der Waals surface area contributed by atoms with Crippen molar-refractivity contribution in [1.82, 2.24) is 9.80 Å². The van der Waals surface area contributed by atoms with Crippen molar-refractivity contribution in [2.75, 3.05) is 33.9 Å². The number of hydrogen-bond donors (Lipinski definition) is 1. The van der Waals surface area contributed by atoms with Crippen molar-refractivity contribution in [2.24, 2.45) is 8.80 Å². The highest BCUT2D eigenvalue weighted by Gasteiger charge is 2.16. The fourth-order valence-electron chi connectivity index (χ4n) is 1.87. The summed E-state index contributed by atoms with van der Waals surface area (Å²) in [6, 6.07) is 10.8. The molecule has 14 heteroatoms. The van der Waals surface area contributed by atoms with Crippen LogP contribution in [-0.4, -0.2) is 72.4 Å². The third-order valence-corrected chi connectivity index (χ3v) is 5.76. The number of benzene rings is 2. The van der Waals surface area contributed by atoms with Gasteiger partial charge in [-0.1, -0.05) is 12.1 Å². The Labute approximate surface area is 187 Å². The maximum atomic E-state index is 11.7. The van der Waals surface area contributed by atoms with Gasteiger partial charge < -0.3 is 15.5 Å². The van der Waals surface area contributed by atoms with Gasteiger partial charge in [0, 0.05) is 46.0 Å². The normalized spacial score (nSPS) is 11.8. The highest BCUT2D eigenvalue weighted by atomic mass is 32.2. The van der Waals surface area contributed by atoms with E-state index in [1.165, 1.54) is 41.6 Å². The molecular weight excluding hydrogens is 460 g/mol. The smallest absolute Gasteiger partial charge is 0.283 e. The number of nitrogens with zero attached hydrogens (tertiary/aromatic N) is 5. The molecule has 0 aliphatic carbocycles. The van der Waals surface area contributed by atoms with Crippen LogP contribution in [0, 0.1) is 10.1 Å². The average molecular weight is 485 g/mol. The van der Waals surface area contributed by atoms with Crippen molar-refractivity contribution in [3.8, 4) is 0 Å². The van der Waals surface area contributed by atoms with Crippen molar-refractivity contribution >= 4 is 44.1 Å². The van der Waals surface area contributed by atoms with Crippen LogP contribution in [0.3, 0.4) is 0 Å². The van der Waals surface area contributed by atoms with Gasteiger partial charge in [0.1, 0.15) is 12.7 Å². The molecule has 2 rings (SSSR count). The molecule has 2 aromatic rings. The Bertz CT molecular complexity index is 1210. The zero-order valence-electron chi connectivity index (χ0n) is 17.9. The Morgan fingerprint density at radius 3 is 1.69 bits per heavy atom. The first-order valence-corrected chi connectivity index (χ1v) is 11.7. The van der Waals surface area contributed by atoms with Crippen LogP contribution in [0.4, 0.5) is 11.4 Å². The van der Waals surface area contributed by atoms with Crippen LogP contribution < -0.4 is 5.73 Å². The summed E-state index contributed by atoms with van der Waals surface area (Å²) in [5, 5.41) is 10.5. The third-order valence-electron chi connectivity index (χ3n) is 3.32. The van der Waals surface area contributed by atoms with Gasteiger partial charge in [-0.25, -0.2) is 0 Å². The van der Waals surface area contributed by atoms with E-state index in [0.29, 0.717) is 5.69 Å². The van der Waals surface area contributed by atoms with E-state index >= 15 is 0 Å². The van der Waals surface area contributed by atoms with E-state index in [-0.39, 0.29) is 15.5 Å². The highest BCUT2D eigenvalue weighted by Crippen LogP contribution is 2.18. The molecule has 0 aromatic heterocycles. The van der Waals surface area contributed by atoms with Gasteiger partial charge in [0.25, 0.3) is 25.7 Å². The molecule has 2 N–H and O–H groups in total. The lowest BCUT2D eigenvalue weighted by Gasteiger charge is -2.03. The Hall–Kier alpha value is -3.52. The van der Waals surface area contributed by atoms with Gasteiger partial charge in [-0.2, -0.15) is 16.8 Å². The first kappa shape index (κ1) is 26.5. The molecule has 0 heterocycles. The number of nitro benzene ring substituents is 1. The zero-order chi connectivity index (χ0) is 24.5. The van der Waals surface area contributed by atoms with Crippen molar-refractivity contribution in [3.63, 3.8) is 0 Å². The lowest BCUT2D eigenvalue weighted by molar-refractivity contribution is -0.385. The Balaban J connectivity index is 0.000000323. The molecule has 0 bridgehead atoms. The molecule has 32 heavy (non-hydrogen) atoms. The first-order chi connectivity index (χ1) is 14.7. The highest BCUT2D eigenvalue weighted by molar-refractivity contribution is 7.90. The monoisotopic (exact) mass is 484 g/mol. The second-order valence-electron chi connectivity index (χ2n) is 6.65. The van der Waals surface area contributed by atoms with Gasteiger partial charge in [-0.3, -0.25) is 10.1 Å². The second kappa shape index (κ2) is 11.2. The zero-order valence-corrected chi connectivity index (χ0v) is 19.5. The fraction of sp³-hybridized carbons (Fsp3) is 0.222. The molecule has 0 saturated carbocycles. The molecular formula is C18H24N6O6S2. The molecule has 0 spiro atoms. The first-order valence-electron chi connectivity index (χ1n) is 8.78. The van der Waals surface area contributed by atoms with Crippen LogP contribution in [0.15, 0.2) is 67.1 Å². The van der Waals surface area contributed by atoms with Crippen molar-refractivity contribution < 1.29 is 21.8 Å². The molecule has 0 radical (unpaired) electrons. The lowest BCUT2D eigenvalue weighted by Crippen LogP contribution is -2.10. The number of nitrogens with two attached hydrogens (primary N) is 1. The minimum atomic E-state index is -3.89. The molecule has 0 amide bonds. The van der Waals surface area contributed by atoms with Crippen LogP contribution in [0.5, 0.6) is 0 Å².